The van der Waals surface area contributed by atoms with E-state index in [1.807, 2.05) is 25.1 Å². The molecule has 0 spiro atoms. The Bertz CT molecular complexity index is 1010. The first-order chi connectivity index (χ1) is 13.0. The smallest absolute Gasteiger partial charge is 0.254 e. The van der Waals surface area contributed by atoms with Crippen LogP contribution in [0.4, 0.5) is 0 Å². The van der Waals surface area contributed by atoms with E-state index >= 15 is 0 Å². The van der Waals surface area contributed by atoms with Gasteiger partial charge in [0.1, 0.15) is 5.75 Å². The fraction of sp³-hybridized carbons (Fsp3) is 0.238. The van der Waals surface area contributed by atoms with Crippen molar-refractivity contribution in [1.82, 2.24) is 15.1 Å². The highest BCUT2D eigenvalue weighted by Crippen LogP contribution is 2.35. The van der Waals surface area contributed by atoms with Gasteiger partial charge in [0.05, 0.1) is 35.1 Å². The van der Waals surface area contributed by atoms with Crippen LogP contribution in [-0.4, -0.2) is 22.3 Å². The maximum absolute atomic E-state index is 12.8. The van der Waals surface area contributed by atoms with Gasteiger partial charge in [-0.25, -0.2) is 4.68 Å². The van der Waals surface area contributed by atoms with Crippen LogP contribution in [0.15, 0.2) is 48.8 Å². The van der Waals surface area contributed by atoms with Crippen molar-refractivity contribution in [2.24, 2.45) is 0 Å². The number of amides is 1. The summed E-state index contributed by atoms with van der Waals surface area (Å²) in [4.78, 5) is 12.8. The van der Waals surface area contributed by atoms with E-state index in [0.29, 0.717) is 17.2 Å². The van der Waals surface area contributed by atoms with Crippen molar-refractivity contribution < 1.29 is 9.53 Å². The molecule has 0 saturated carbocycles. The number of nitrogens with zero attached hydrogens (tertiary/aromatic N) is 2. The molecule has 5 nitrogen and oxygen atoms in total. The van der Waals surface area contributed by atoms with Gasteiger partial charge in [0.25, 0.3) is 5.91 Å². The predicted octanol–water partition coefficient (Wildman–Crippen LogP) is 4.40. The summed E-state index contributed by atoms with van der Waals surface area (Å²) in [6.07, 6.45) is 3.99. The Morgan fingerprint density at radius 3 is 2.93 bits per heavy atom. The number of benzene rings is 2. The number of para-hydroxylation sites is 1. The molecule has 3 aromatic rings. The standard InChI is InChI=1S/C21H20ClN3O2/c1-13-9-14(2)20-16(10-13)18(7-8-27-20)24-21(26)15-11-23-25(12-15)19-6-4-3-5-17(19)22/h3-6,9-12,18H,7-8H2,1-2H3,(H,24,26). The zero-order chi connectivity index (χ0) is 19.0. The molecular weight excluding hydrogens is 362 g/mol. The number of carbonyl (C=O) groups excluding carboxylic acids is 1. The average Bonchev–Trinajstić information content (AvgIpc) is 3.13. The van der Waals surface area contributed by atoms with Crippen LogP contribution in [0.1, 0.15) is 39.5 Å². The third-order valence-electron chi connectivity index (χ3n) is 4.73. The number of hydrogen-bond donors (Lipinski definition) is 1. The molecule has 1 aliphatic rings. The second-order valence-electron chi connectivity index (χ2n) is 6.79. The van der Waals surface area contributed by atoms with Gasteiger partial charge >= 0.3 is 0 Å². The van der Waals surface area contributed by atoms with E-state index in [2.05, 4.69) is 29.5 Å². The summed E-state index contributed by atoms with van der Waals surface area (Å²) in [7, 11) is 0. The molecule has 0 bridgehead atoms. The van der Waals surface area contributed by atoms with Crippen LogP contribution in [0.25, 0.3) is 5.69 Å². The summed E-state index contributed by atoms with van der Waals surface area (Å²) in [5, 5.41) is 7.98. The van der Waals surface area contributed by atoms with Crippen LogP contribution in [0.5, 0.6) is 5.75 Å². The summed E-state index contributed by atoms with van der Waals surface area (Å²) in [5.41, 5.74) is 4.51. The van der Waals surface area contributed by atoms with Crippen molar-refractivity contribution in [1.29, 1.82) is 0 Å². The molecule has 27 heavy (non-hydrogen) atoms. The van der Waals surface area contributed by atoms with Gasteiger partial charge in [-0.15, -0.1) is 0 Å². The maximum Gasteiger partial charge on any atom is 0.254 e. The fourth-order valence-electron chi connectivity index (χ4n) is 3.48. The quantitative estimate of drug-likeness (QED) is 0.731. The molecule has 4 rings (SSSR count). The van der Waals surface area contributed by atoms with Crippen LogP contribution < -0.4 is 10.1 Å². The van der Waals surface area contributed by atoms with Crippen LogP contribution in [0, 0.1) is 13.8 Å². The highest BCUT2D eigenvalue weighted by molar-refractivity contribution is 6.32. The molecule has 6 heteroatoms. The number of rotatable bonds is 3. The van der Waals surface area contributed by atoms with Crippen LogP contribution in [0.3, 0.4) is 0 Å². The van der Waals surface area contributed by atoms with Gasteiger partial charge in [-0.1, -0.05) is 41.4 Å². The molecular formula is C21H20ClN3O2. The minimum absolute atomic E-state index is 0.0801. The Kier molecular flexibility index (Phi) is 4.62. The molecule has 1 aliphatic heterocycles. The lowest BCUT2D eigenvalue weighted by Crippen LogP contribution is -2.32. The fourth-order valence-corrected chi connectivity index (χ4v) is 3.70. The topological polar surface area (TPSA) is 56.2 Å². The van der Waals surface area contributed by atoms with Gasteiger partial charge in [-0.2, -0.15) is 5.10 Å². The molecule has 2 heterocycles. The van der Waals surface area contributed by atoms with Crippen LogP contribution in [0.2, 0.25) is 5.02 Å². The molecule has 0 radical (unpaired) electrons. The highest BCUT2D eigenvalue weighted by atomic mass is 35.5. The second kappa shape index (κ2) is 7.08. The first-order valence-electron chi connectivity index (χ1n) is 8.87. The summed E-state index contributed by atoms with van der Waals surface area (Å²) >= 11 is 6.21. The predicted molar refractivity (Wildman–Crippen MR) is 105 cm³/mol. The van der Waals surface area contributed by atoms with Gasteiger partial charge < -0.3 is 10.1 Å². The van der Waals surface area contributed by atoms with Crippen molar-refractivity contribution >= 4 is 17.5 Å². The number of aryl methyl sites for hydroxylation is 2. The molecule has 0 fully saturated rings. The first kappa shape index (κ1) is 17.6. The van der Waals surface area contributed by atoms with Crippen molar-refractivity contribution in [3.63, 3.8) is 0 Å². The van der Waals surface area contributed by atoms with Crippen LogP contribution >= 0.6 is 11.6 Å². The van der Waals surface area contributed by atoms with E-state index in [-0.39, 0.29) is 11.9 Å². The first-order valence-corrected chi connectivity index (χ1v) is 9.25. The molecule has 1 unspecified atom stereocenters. The number of nitrogens with one attached hydrogen (secondary N) is 1. The van der Waals surface area contributed by atoms with E-state index in [1.54, 1.807) is 23.1 Å². The number of fused-ring (bicyclic) bond motifs is 1. The third kappa shape index (κ3) is 3.43. The summed E-state index contributed by atoms with van der Waals surface area (Å²) in [5.74, 6) is 0.717. The normalized spacial score (nSPS) is 15.7. The average molecular weight is 382 g/mol. The van der Waals surface area contributed by atoms with E-state index < -0.39 is 0 Å². The van der Waals surface area contributed by atoms with E-state index in [1.165, 1.54) is 0 Å². The van der Waals surface area contributed by atoms with Crippen molar-refractivity contribution in [2.75, 3.05) is 6.61 Å². The molecule has 1 aromatic heterocycles. The van der Waals surface area contributed by atoms with Crippen LogP contribution in [-0.2, 0) is 0 Å². The minimum atomic E-state index is -0.162. The Hall–Kier alpha value is -2.79. The molecule has 1 amide bonds. The van der Waals surface area contributed by atoms with Crippen molar-refractivity contribution in [3.05, 3.63) is 76.1 Å². The summed E-state index contributed by atoms with van der Waals surface area (Å²) in [6, 6.07) is 11.5. The number of carbonyl (C=O) groups is 1. The molecule has 2 aromatic carbocycles. The maximum atomic E-state index is 12.8. The summed E-state index contributed by atoms with van der Waals surface area (Å²) < 4.78 is 7.43. The number of aromatic nitrogens is 2. The van der Waals surface area contributed by atoms with Gasteiger partial charge in [-0.05, 0) is 31.5 Å². The Balaban J connectivity index is 1.57. The zero-order valence-electron chi connectivity index (χ0n) is 15.2. The van der Waals surface area contributed by atoms with E-state index in [4.69, 9.17) is 16.3 Å². The van der Waals surface area contributed by atoms with Gasteiger partial charge in [0.15, 0.2) is 0 Å². The molecule has 0 saturated heterocycles. The largest absolute Gasteiger partial charge is 0.493 e. The lowest BCUT2D eigenvalue weighted by molar-refractivity contribution is 0.0924. The number of halogens is 1. The Morgan fingerprint density at radius 1 is 1.30 bits per heavy atom. The van der Waals surface area contributed by atoms with E-state index in [0.717, 1.165) is 34.5 Å². The van der Waals surface area contributed by atoms with Gasteiger partial charge in [-0.3, -0.25) is 4.79 Å². The second-order valence-corrected chi connectivity index (χ2v) is 7.20. The monoisotopic (exact) mass is 381 g/mol. The Morgan fingerprint density at radius 2 is 2.11 bits per heavy atom. The molecule has 0 aliphatic carbocycles. The molecule has 138 valence electrons. The minimum Gasteiger partial charge on any atom is -0.493 e. The summed E-state index contributed by atoms with van der Waals surface area (Å²) in [6.45, 7) is 4.67. The highest BCUT2D eigenvalue weighted by Gasteiger charge is 2.25. The molecule has 1 atom stereocenters. The van der Waals surface area contributed by atoms with Gasteiger partial charge in [0, 0.05) is 18.2 Å². The molecule has 1 N–H and O–H groups in total. The Labute approximate surface area is 162 Å². The third-order valence-corrected chi connectivity index (χ3v) is 5.05. The van der Waals surface area contributed by atoms with E-state index in [9.17, 15) is 4.79 Å². The van der Waals surface area contributed by atoms with Crippen molar-refractivity contribution in [3.8, 4) is 11.4 Å². The number of ether oxygens (including phenoxy) is 1. The lowest BCUT2D eigenvalue weighted by Gasteiger charge is -2.28. The van der Waals surface area contributed by atoms with Gasteiger partial charge in [0.2, 0.25) is 0 Å². The van der Waals surface area contributed by atoms with Crippen molar-refractivity contribution in [2.45, 2.75) is 26.3 Å². The lowest BCUT2D eigenvalue weighted by atomic mass is 9.95. The number of hydrogen-bond acceptors (Lipinski definition) is 3. The SMILES string of the molecule is Cc1cc(C)c2c(c1)C(NC(=O)c1cnn(-c3ccccc3Cl)c1)CCO2. The zero-order valence-corrected chi connectivity index (χ0v) is 16.0.